The number of nitrogens with two attached hydrogens (primary N) is 1. The Morgan fingerprint density at radius 3 is 3.00 bits per heavy atom. The van der Waals surface area contributed by atoms with Crippen LogP contribution in [0.25, 0.3) is 0 Å². The molecule has 0 aliphatic heterocycles. The summed E-state index contributed by atoms with van der Waals surface area (Å²) in [5.74, 6) is -0.220. The predicted octanol–water partition coefficient (Wildman–Crippen LogP) is 0.175. The molecule has 104 valence electrons. The molecule has 2 aromatic rings. The molecule has 20 heavy (non-hydrogen) atoms. The summed E-state index contributed by atoms with van der Waals surface area (Å²) >= 11 is 0. The van der Waals surface area contributed by atoms with Gasteiger partial charge in [-0.25, -0.2) is 9.78 Å². The number of hydrogen-bond acceptors (Lipinski definition) is 6. The van der Waals surface area contributed by atoms with Gasteiger partial charge in [0.15, 0.2) is 12.4 Å². The van der Waals surface area contributed by atoms with E-state index in [-0.39, 0.29) is 17.2 Å². The Labute approximate surface area is 113 Å². The van der Waals surface area contributed by atoms with Crippen molar-refractivity contribution in [3.8, 4) is 0 Å². The van der Waals surface area contributed by atoms with E-state index in [0.29, 0.717) is 5.76 Å². The number of amides is 1. The van der Waals surface area contributed by atoms with Crippen LogP contribution in [-0.2, 0) is 9.53 Å². The molecular formula is C12H13N4O4+. The van der Waals surface area contributed by atoms with Crippen LogP contribution in [-0.4, -0.2) is 23.6 Å². The van der Waals surface area contributed by atoms with Crippen molar-refractivity contribution in [2.75, 3.05) is 17.7 Å². The molecule has 2 aromatic heterocycles. The number of nitrogens with zero attached hydrogens (tertiary/aromatic N) is 1. The normalized spacial score (nSPS) is 10.1. The topological polar surface area (TPSA) is 122 Å². The highest BCUT2D eigenvalue weighted by atomic mass is 16.5. The molecule has 2 heterocycles. The Morgan fingerprint density at radius 2 is 2.35 bits per heavy atom. The molecule has 0 saturated heterocycles. The number of carbonyl (C=O) groups excluding carboxylic acids is 2. The number of hydrogen-bond donors (Lipinski definition) is 2. The third-order valence-corrected chi connectivity index (χ3v) is 2.34. The van der Waals surface area contributed by atoms with Gasteiger partial charge < -0.3 is 14.6 Å². The molecule has 0 unspecified atom stereocenters. The Morgan fingerprint density at radius 1 is 1.55 bits per heavy atom. The van der Waals surface area contributed by atoms with Crippen molar-refractivity contribution < 1.29 is 23.8 Å². The lowest BCUT2D eigenvalue weighted by molar-refractivity contribution is -0.360. The number of ether oxygens (including phenoxy) is 1. The van der Waals surface area contributed by atoms with Gasteiger partial charge in [0.1, 0.15) is 11.3 Å². The van der Waals surface area contributed by atoms with Crippen molar-refractivity contribution >= 4 is 23.5 Å². The lowest BCUT2D eigenvalue weighted by Crippen LogP contribution is -2.23. The van der Waals surface area contributed by atoms with Crippen molar-refractivity contribution in [2.24, 2.45) is 0 Å². The fraction of sp³-hybridized carbons (Fsp3) is 0.167. The summed E-state index contributed by atoms with van der Waals surface area (Å²) in [4.78, 5) is 25.9. The largest absolute Gasteiger partial charge is 0.452 e. The van der Waals surface area contributed by atoms with Crippen molar-refractivity contribution in [3.05, 3.63) is 35.7 Å². The number of anilines is 2. The Hall–Kier alpha value is -2.90. The van der Waals surface area contributed by atoms with Crippen LogP contribution in [0.5, 0.6) is 0 Å². The maximum Gasteiger partial charge on any atom is 0.347 e. The first-order chi connectivity index (χ1) is 9.56. The number of nitrogens with one attached hydrogen (secondary N) is 2. The molecule has 0 aromatic carbocycles. The van der Waals surface area contributed by atoms with E-state index in [0.717, 1.165) is 0 Å². The van der Waals surface area contributed by atoms with Crippen molar-refractivity contribution in [2.45, 2.75) is 6.92 Å². The summed E-state index contributed by atoms with van der Waals surface area (Å²) in [7, 11) is 0. The van der Waals surface area contributed by atoms with Crippen molar-refractivity contribution in [3.63, 3.8) is 0 Å². The molecule has 0 saturated carbocycles. The van der Waals surface area contributed by atoms with E-state index in [1.54, 1.807) is 25.3 Å². The van der Waals surface area contributed by atoms with Gasteiger partial charge in [-0.3, -0.25) is 10.5 Å². The number of rotatable bonds is 4. The van der Waals surface area contributed by atoms with E-state index in [4.69, 9.17) is 15.0 Å². The van der Waals surface area contributed by atoms with Gasteiger partial charge in [0.05, 0.1) is 6.20 Å². The number of H-pyrrole nitrogens is 1. The molecule has 0 aliphatic carbocycles. The molecule has 1 amide bonds. The first-order valence-electron chi connectivity index (χ1n) is 5.72. The second-order valence-corrected chi connectivity index (χ2v) is 3.94. The number of carbonyl (C=O) groups is 2. The van der Waals surface area contributed by atoms with Crippen LogP contribution in [0.2, 0.25) is 0 Å². The number of nitrogen functional groups attached to an aromatic ring is 1. The quantitative estimate of drug-likeness (QED) is 0.768. The van der Waals surface area contributed by atoms with Gasteiger partial charge in [0.2, 0.25) is 0 Å². The Bertz CT molecular complexity index is 638. The van der Waals surface area contributed by atoms with Crippen LogP contribution in [0.4, 0.5) is 11.6 Å². The summed E-state index contributed by atoms with van der Waals surface area (Å²) in [5.41, 5.74) is 5.74. The SMILES string of the molecule is Cc1cc(NC(=O)COC(=O)c2ccc[nH+]c2N)no1. The van der Waals surface area contributed by atoms with E-state index < -0.39 is 18.5 Å². The predicted molar refractivity (Wildman–Crippen MR) is 67.6 cm³/mol. The summed E-state index contributed by atoms with van der Waals surface area (Å²) in [6.07, 6.45) is 1.58. The lowest BCUT2D eigenvalue weighted by Gasteiger charge is -2.04. The smallest absolute Gasteiger partial charge is 0.347 e. The molecular weight excluding hydrogens is 264 g/mol. The van der Waals surface area contributed by atoms with Gasteiger partial charge in [-0.05, 0) is 19.1 Å². The van der Waals surface area contributed by atoms with Crippen LogP contribution in [0.15, 0.2) is 28.9 Å². The highest BCUT2D eigenvalue weighted by molar-refractivity contribution is 5.96. The van der Waals surface area contributed by atoms with Gasteiger partial charge >= 0.3 is 5.97 Å². The van der Waals surface area contributed by atoms with Gasteiger partial charge in [-0.2, -0.15) is 0 Å². The van der Waals surface area contributed by atoms with Gasteiger partial charge in [-0.15, -0.1) is 0 Å². The average Bonchev–Trinajstić information content (AvgIpc) is 2.82. The van der Waals surface area contributed by atoms with Crippen LogP contribution < -0.4 is 16.0 Å². The Kier molecular flexibility index (Phi) is 3.94. The highest BCUT2D eigenvalue weighted by Crippen LogP contribution is 2.08. The van der Waals surface area contributed by atoms with Gasteiger partial charge in [0.25, 0.3) is 11.7 Å². The summed E-state index contributed by atoms with van der Waals surface area (Å²) in [5, 5.41) is 6.01. The summed E-state index contributed by atoms with van der Waals surface area (Å²) in [6.45, 7) is 1.25. The third-order valence-electron chi connectivity index (χ3n) is 2.34. The highest BCUT2D eigenvalue weighted by Gasteiger charge is 2.16. The molecule has 0 radical (unpaired) electrons. The monoisotopic (exact) mass is 277 g/mol. The summed E-state index contributed by atoms with van der Waals surface area (Å²) < 4.78 is 9.62. The molecule has 0 fully saturated rings. The number of aryl methyl sites for hydroxylation is 1. The van der Waals surface area contributed by atoms with E-state index >= 15 is 0 Å². The molecule has 0 spiro atoms. The molecule has 0 aliphatic rings. The number of pyridine rings is 1. The molecule has 4 N–H and O–H groups in total. The zero-order chi connectivity index (χ0) is 14.5. The van der Waals surface area contributed by atoms with Crippen LogP contribution in [0.3, 0.4) is 0 Å². The zero-order valence-corrected chi connectivity index (χ0v) is 10.7. The van der Waals surface area contributed by atoms with Crippen molar-refractivity contribution in [1.82, 2.24) is 5.16 Å². The second-order valence-electron chi connectivity index (χ2n) is 3.94. The number of esters is 1. The molecule has 8 heteroatoms. The van der Waals surface area contributed by atoms with E-state index in [1.165, 1.54) is 6.07 Å². The minimum Gasteiger partial charge on any atom is -0.452 e. The van der Waals surface area contributed by atoms with Crippen molar-refractivity contribution in [1.29, 1.82) is 0 Å². The molecule has 2 rings (SSSR count). The third kappa shape index (κ3) is 3.31. The molecule has 0 bridgehead atoms. The minimum absolute atomic E-state index is 0.164. The lowest BCUT2D eigenvalue weighted by atomic mass is 10.2. The van der Waals surface area contributed by atoms with Crippen LogP contribution >= 0.6 is 0 Å². The fourth-order valence-electron chi connectivity index (χ4n) is 1.44. The molecule has 8 nitrogen and oxygen atoms in total. The van der Waals surface area contributed by atoms with E-state index in [9.17, 15) is 9.59 Å². The summed E-state index contributed by atoms with van der Waals surface area (Å²) in [6, 6.07) is 4.64. The number of aromatic nitrogens is 2. The first-order valence-corrected chi connectivity index (χ1v) is 5.72. The second kappa shape index (κ2) is 5.83. The minimum atomic E-state index is -0.689. The maximum absolute atomic E-state index is 11.7. The van der Waals surface area contributed by atoms with Crippen LogP contribution in [0, 0.1) is 6.92 Å². The first kappa shape index (κ1) is 13.5. The van der Waals surface area contributed by atoms with Gasteiger partial charge in [0, 0.05) is 6.07 Å². The standard InChI is InChI=1S/C12H12N4O4/c1-7-5-9(16-20-7)15-10(17)6-19-12(18)8-3-2-4-14-11(8)13/h2-5H,6H2,1H3,(H2,13,14)(H,15,16,17)/p+1. The van der Waals surface area contributed by atoms with Gasteiger partial charge in [-0.1, -0.05) is 5.16 Å². The zero-order valence-electron chi connectivity index (χ0n) is 10.7. The van der Waals surface area contributed by atoms with E-state index in [2.05, 4.69) is 15.5 Å². The Balaban J connectivity index is 1.87. The van der Waals surface area contributed by atoms with Crippen LogP contribution in [0.1, 0.15) is 16.1 Å². The molecule has 0 atom stereocenters. The maximum atomic E-state index is 11.7. The average molecular weight is 277 g/mol. The fourth-order valence-corrected chi connectivity index (χ4v) is 1.44. The number of aromatic amines is 1. The van der Waals surface area contributed by atoms with E-state index in [1.807, 2.05) is 0 Å².